The normalized spacial score (nSPS) is 17.1. The van der Waals surface area contributed by atoms with Gasteiger partial charge in [-0.15, -0.1) is 0 Å². The summed E-state index contributed by atoms with van der Waals surface area (Å²) in [4.78, 5) is 14.3. The largest absolute Gasteiger partial charge is 0.356 e. The highest BCUT2D eigenvalue weighted by Crippen LogP contribution is 2.21. The average molecular weight is 315 g/mol. The minimum absolute atomic E-state index is 0.159. The molecule has 1 aliphatic rings. The van der Waals surface area contributed by atoms with E-state index in [4.69, 9.17) is 23.2 Å². The zero-order chi connectivity index (χ0) is 14.5. The van der Waals surface area contributed by atoms with Crippen LogP contribution in [0.25, 0.3) is 0 Å². The van der Waals surface area contributed by atoms with Crippen LogP contribution in [-0.2, 0) is 11.2 Å². The molecule has 2 rings (SSSR count). The van der Waals surface area contributed by atoms with Gasteiger partial charge in [0, 0.05) is 22.5 Å². The Morgan fingerprint density at radius 1 is 1.35 bits per heavy atom. The summed E-state index contributed by atoms with van der Waals surface area (Å²) in [5, 5.41) is 4.30. The smallest absolute Gasteiger partial charge is 0.223 e. The lowest BCUT2D eigenvalue weighted by atomic mass is 9.96. The number of hydrogen-bond donors (Lipinski definition) is 1. The maximum absolute atomic E-state index is 12.1. The molecule has 0 radical (unpaired) electrons. The topological polar surface area (TPSA) is 32.3 Å². The van der Waals surface area contributed by atoms with Gasteiger partial charge in [0.15, 0.2) is 0 Å². The number of piperidine rings is 1. The van der Waals surface area contributed by atoms with E-state index in [-0.39, 0.29) is 11.8 Å². The van der Waals surface area contributed by atoms with Crippen molar-refractivity contribution < 1.29 is 4.79 Å². The molecule has 5 heteroatoms. The number of nitrogens with one attached hydrogen (secondary N) is 1. The summed E-state index contributed by atoms with van der Waals surface area (Å²) in [5.41, 5.74) is 1.01. The SMILES string of the molecule is CN1CCC(C(=O)NCCc2ccc(Cl)cc2Cl)CC1. The molecule has 0 aromatic heterocycles. The van der Waals surface area contributed by atoms with Gasteiger partial charge in [-0.2, -0.15) is 0 Å². The molecule has 1 fully saturated rings. The molecule has 1 N–H and O–H groups in total. The first-order valence-electron chi connectivity index (χ1n) is 6.96. The van der Waals surface area contributed by atoms with Gasteiger partial charge in [0.2, 0.25) is 5.91 Å². The predicted octanol–water partition coefficient (Wildman–Crippen LogP) is 2.99. The summed E-state index contributed by atoms with van der Waals surface area (Å²) in [7, 11) is 2.09. The van der Waals surface area contributed by atoms with Gasteiger partial charge < -0.3 is 10.2 Å². The molecule has 110 valence electrons. The molecule has 0 spiro atoms. The summed E-state index contributed by atoms with van der Waals surface area (Å²) < 4.78 is 0. The molecule has 0 aliphatic carbocycles. The molecule has 1 saturated heterocycles. The number of benzene rings is 1. The van der Waals surface area contributed by atoms with Crippen molar-refractivity contribution in [1.82, 2.24) is 10.2 Å². The summed E-state index contributed by atoms with van der Waals surface area (Å²) in [5.74, 6) is 0.329. The van der Waals surface area contributed by atoms with Crippen LogP contribution in [0.1, 0.15) is 18.4 Å². The Bertz CT molecular complexity index is 471. The van der Waals surface area contributed by atoms with Gasteiger partial charge in [-0.3, -0.25) is 4.79 Å². The molecule has 0 atom stereocenters. The van der Waals surface area contributed by atoms with Gasteiger partial charge in [0.1, 0.15) is 0 Å². The lowest BCUT2D eigenvalue weighted by Gasteiger charge is -2.28. The van der Waals surface area contributed by atoms with Crippen LogP contribution in [0.4, 0.5) is 0 Å². The summed E-state index contributed by atoms with van der Waals surface area (Å²) in [6.45, 7) is 2.62. The Hall–Kier alpha value is -0.770. The molecular formula is C15H20Cl2N2O. The van der Waals surface area contributed by atoms with Gasteiger partial charge in [-0.25, -0.2) is 0 Å². The van der Waals surface area contributed by atoms with Crippen molar-refractivity contribution >= 4 is 29.1 Å². The molecule has 1 aromatic rings. The number of likely N-dealkylation sites (tertiary alicyclic amines) is 1. The van der Waals surface area contributed by atoms with E-state index in [1.165, 1.54) is 0 Å². The van der Waals surface area contributed by atoms with Crippen LogP contribution in [0.5, 0.6) is 0 Å². The second-order valence-electron chi connectivity index (χ2n) is 5.35. The van der Waals surface area contributed by atoms with Crippen molar-refractivity contribution in [2.75, 3.05) is 26.7 Å². The van der Waals surface area contributed by atoms with Crippen molar-refractivity contribution in [3.63, 3.8) is 0 Å². The van der Waals surface area contributed by atoms with Crippen LogP contribution in [0.3, 0.4) is 0 Å². The van der Waals surface area contributed by atoms with E-state index in [1.807, 2.05) is 12.1 Å². The average Bonchev–Trinajstić information content (AvgIpc) is 2.42. The summed E-state index contributed by atoms with van der Waals surface area (Å²) in [6, 6.07) is 5.46. The Morgan fingerprint density at radius 3 is 2.70 bits per heavy atom. The molecule has 0 saturated carbocycles. The van der Waals surface area contributed by atoms with E-state index in [0.29, 0.717) is 16.6 Å². The highest BCUT2D eigenvalue weighted by Gasteiger charge is 2.22. The molecular weight excluding hydrogens is 295 g/mol. The van der Waals surface area contributed by atoms with Crippen LogP contribution in [0.15, 0.2) is 18.2 Å². The Kier molecular flexibility index (Phi) is 5.70. The molecule has 0 bridgehead atoms. The van der Waals surface area contributed by atoms with Crippen LogP contribution in [0.2, 0.25) is 10.0 Å². The number of halogens is 2. The first-order valence-corrected chi connectivity index (χ1v) is 7.72. The third-order valence-corrected chi connectivity index (χ3v) is 4.38. The highest BCUT2D eigenvalue weighted by molar-refractivity contribution is 6.35. The molecule has 1 aromatic carbocycles. The fourth-order valence-electron chi connectivity index (χ4n) is 2.46. The fourth-order valence-corrected chi connectivity index (χ4v) is 2.96. The maximum atomic E-state index is 12.1. The Morgan fingerprint density at radius 2 is 2.05 bits per heavy atom. The van der Waals surface area contributed by atoms with E-state index in [2.05, 4.69) is 17.3 Å². The van der Waals surface area contributed by atoms with Crippen molar-refractivity contribution in [2.24, 2.45) is 5.92 Å². The van der Waals surface area contributed by atoms with Crippen molar-refractivity contribution in [3.8, 4) is 0 Å². The maximum Gasteiger partial charge on any atom is 0.223 e. The quantitative estimate of drug-likeness (QED) is 0.926. The van der Waals surface area contributed by atoms with E-state index in [1.54, 1.807) is 6.07 Å². The number of hydrogen-bond acceptors (Lipinski definition) is 2. The van der Waals surface area contributed by atoms with E-state index in [0.717, 1.165) is 37.9 Å². The summed E-state index contributed by atoms with van der Waals surface area (Å²) >= 11 is 12.0. The van der Waals surface area contributed by atoms with Crippen LogP contribution >= 0.6 is 23.2 Å². The first kappa shape index (κ1) is 15.6. The summed E-state index contributed by atoms with van der Waals surface area (Å²) in [6.07, 6.45) is 2.63. The first-order chi connectivity index (χ1) is 9.56. The van der Waals surface area contributed by atoms with Crippen molar-refractivity contribution in [2.45, 2.75) is 19.3 Å². The minimum Gasteiger partial charge on any atom is -0.356 e. The van der Waals surface area contributed by atoms with E-state index >= 15 is 0 Å². The lowest BCUT2D eigenvalue weighted by Crippen LogP contribution is -2.39. The van der Waals surface area contributed by atoms with E-state index in [9.17, 15) is 4.79 Å². The van der Waals surface area contributed by atoms with Gasteiger partial charge in [-0.05, 0) is 57.1 Å². The van der Waals surface area contributed by atoms with Crippen molar-refractivity contribution in [1.29, 1.82) is 0 Å². The number of carbonyl (C=O) groups excluding carboxylic acids is 1. The molecule has 1 aliphatic heterocycles. The zero-order valence-electron chi connectivity index (χ0n) is 11.7. The fraction of sp³-hybridized carbons (Fsp3) is 0.533. The van der Waals surface area contributed by atoms with E-state index < -0.39 is 0 Å². The Balaban J connectivity index is 1.76. The van der Waals surface area contributed by atoms with Crippen LogP contribution < -0.4 is 5.32 Å². The molecule has 20 heavy (non-hydrogen) atoms. The standard InChI is InChI=1S/C15H20Cl2N2O/c1-19-8-5-12(6-9-19)15(20)18-7-4-11-2-3-13(16)10-14(11)17/h2-3,10,12H,4-9H2,1H3,(H,18,20). The van der Waals surface area contributed by atoms with Crippen LogP contribution in [0, 0.1) is 5.92 Å². The monoisotopic (exact) mass is 314 g/mol. The molecule has 1 heterocycles. The predicted molar refractivity (Wildman–Crippen MR) is 83.4 cm³/mol. The third kappa shape index (κ3) is 4.37. The van der Waals surface area contributed by atoms with Crippen LogP contribution in [-0.4, -0.2) is 37.5 Å². The molecule has 1 amide bonds. The second kappa shape index (κ2) is 7.30. The number of carbonyl (C=O) groups is 1. The number of amides is 1. The highest BCUT2D eigenvalue weighted by atomic mass is 35.5. The zero-order valence-corrected chi connectivity index (χ0v) is 13.2. The minimum atomic E-state index is 0.159. The molecule has 0 unspecified atom stereocenters. The van der Waals surface area contributed by atoms with Gasteiger partial charge in [-0.1, -0.05) is 29.3 Å². The van der Waals surface area contributed by atoms with Gasteiger partial charge >= 0.3 is 0 Å². The Labute approximate surface area is 130 Å². The lowest BCUT2D eigenvalue weighted by molar-refractivity contribution is -0.126. The van der Waals surface area contributed by atoms with Gasteiger partial charge in [0.05, 0.1) is 0 Å². The number of nitrogens with zero attached hydrogens (tertiary/aromatic N) is 1. The molecule has 3 nitrogen and oxygen atoms in total. The number of rotatable bonds is 4. The van der Waals surface area contributed by atoms with Gasteiger partial charge in [0.25, 0.3) is 0 Å². The third-order valence-electron chi connectivity index (χ3n) is 3.80. The second-order valence-corrected chi connectivity index (χ2v) is 6.20. The van der Waals surface area contributed by atoms with Crippen molar-refractivity contribution in [3.05, 3.63) is 33.8 Å².